The van der Waals surface area contributed by atoms with Crippen molar-refractivity contribution in [2.75, 3.05) is 0 Å². The molecule has 0 radical (unpaired) electrons. The Kier molecular flexibility index (Phi) is 5.86. The summed E-state index contributed by atoms with van der Waals surface area (Å²) in [6, 6.07) is 22.0. The minimum atomic E-state index is 0.211. The van der Waals surface area contributed by atoms with E-state index in [9.17, 15) is 5.26 Å². The third-order valence-electron chi connectivity index (χ3n) is 9.54. The lowest BCUT2D eigenvalue weighted by molar-refractivity contribution is -0.660. The molecule has 0 N–H and O–H groups in total. The van der Waals surface area contributed by atoms with E-state index in [1.54, 1.807) is 11.1 Å². The number of benzene rings is 3. The number of aromatic nitrogens is 1. The average Bonchev–Trinajstić information content (AvgIpc) is 3.49. The third-order valence-corrected chi connectivity index (χ3v) is 9.54. The predicted molar refractivity (Wildman–Crippen MR) is 162 cm³/mol. The monoisotopic (exact) mass is 525 g/mol. The van der Waals surface area contributed by atoms with Gasteiger partial charge in [-0.15, -0.1) is 0 Å². The minimum Gasteiger partial charge on any atom is -0.454 e. The first-order valence-corrected chi connectivity index (χ1v) is 14.9. The van der Waals surface area contributed by atoms with E-state index in [-0.39, 0.29) is 5.41 Å². The van der Waals surface area contributed by atoms with Gasteiger partial charge in [0.05, 0.1) is 17.2 Å². The number of hydrogen-bond acceptors (Lipinski definition) is 2. The molecule has 0 atom stereocenters. The molecule has 40 heavy (non-hydrogen) atoms. The van der Waals surface area contributed by atoms with Crippen molar-refractivity contribution in [2.24, 2.45) is 12.5 Å². The van der Waals surface area contributed by atoms with Crippen LogP contribution in [0.4, 0.5) is 0 Å². The smallest absolute Gasteiger partial charge is 0.216 e. The van der Waals surface area contributed by atoms with Crippen LogP contribution in [0.5, 0.6) is 0 Å². The summed E-state index contributed by atoms with van der Waals surface area (Å²) < 4.78 is 9.04. The summed E-state index contributed by atoms with van der Waals surface area (Å²) in [5, 5.41) is 12.5. The lowest BCUT2D eigenvalue weighted by atomic mass is 9.79. The quantitative estimate of drug-likeness (QED) is 0.220. The summed E-state index contributed by atoms with van der Waals surface area (Å²) >= 11 is 0. The highest BCUT2D eigenvalue weighted by Gasteiger charge is 2.35. The van der Waals surface area contributed by atoms with Crippen molar-refractivity contribution < 1.29 is 8.98 Å². The molecule has 3 aromatic carbocycles. The SMILES string of the molecule is Cc1ccc2c(oc3c(-c4ccc(C5CCCCC5)c5c4CC(C)(C)C5)c(C#N)ccc32)c1-c1cccc[n+]1C. The van der Waals surface area contributed by atoms with Crippen LogP contribution in [0, 0.1) is 23.7 Å². The van der Waals surface area contributed by atoms with Gasteiger partial charge in [-0.25, -0.2) is 4.57 Å². The Balaban J connectivity index is 1.51. The van der Waals surface area contributed by atoms with Gasteiger partial charge in [-0.05, 0) is 90.0 Å². The number of fused-ring (bicyclic) bond motifs is 4. The van der Waals surface area contributed by atoms with Crippen molar-refractivity contribution in [1.82, 2.24) is 0 Å². The fourth-order valence-electron chi connectivity index (χ4n) is 7.64. The Morgan fingerprint density at radius 1 is 0.850 bits per heavy atom. The zero-order valence-corrected chi connectivity index (χ0v) is 24.1. The van der Waals surface area contributed by atoms with Gasteiger partial charge in [0.2, 0.25) is 5.69 Å². The van der Waals surface area contributed by atoms with E-state index in [0.29, 0.717) is 11.5 Å². The second kappa shape index (κ2) is 9.34. The van der Waals surface area contributed by atoms with Crippen molar-refractivity contribution >= 4 is 21.9 Å². The topological polar surface area (TPSA) is 40.8 Å². The maximum absolute atomic E-state index is 10.3. The molecule has 0 amide bonds. The molecule has 0 saturated heterocycles. The lowest BCUT2D eigenvalue weighted by Crippen LogP contribution is -2.30. The number of aryl methyl sites for hydroxylation is 2. The van der Waals surface area contributed by atoms with Crippen molar-refractivity contribution in [2.45, 2.75) is 71.6 Å². The molecular weight excluding hydrogens is 488 g/mol. The summed E-state index contributed by atoms with van der Waals surface area (Å²) in [6.07, 6.45) is 10.9. The normalized spacial score (nSPS) is 16.9. The predicted octanol–water partition coefficient (Wildman–Crippen LogP) is 9.10. The molecule has 7 rings (SSSR count). The van der Waals surface area contributed by atoms with E-state index < -0.39 is 0 Å². The average molecular weight is 526 g/mol. The second-order valence-electron chi connectivity index (χ2n) is 12.9. The van der Waals surface area contributed by atoms with Gasteiger partial charge in [-0.1, -0.05) is 57.4 Å². The van der Waals surface area contributed by atoms with Crippen LogP contribution in [0.15, 0.2) is 65.2 Å². The highest BCUT2D eigenvalue weighted by atomic mass is 16.3. The van der Waals surface area contributed by atoms with E-state index in [2.05, 4.69) is 87.1 Å². The molecule has 3 nitrogen and oxygen atoms in total. The molecule has 3 heteroatoms. The molecule has 2 aromatic heterocycles. The summed E-state index contributed by atoms with van der Waals surface area (Å²) in [4.78, 5) is 0. The number of nitriles is 1. The first-order valence-electron chi connectivity index (χ1n) is 14.9. The third kappa shape index (κ3) is 3.88. The van der Waals surface area contributed by atoms with Gasteiger partial charge < -0.3 is 4.42 Å². The molecule has 200 valence electrons. The van der Waals surface area contributed by atoms with Crippen LogP contribution in [0.2, 0.25) is 0 Å². The Morgan fingerprint density at radius 3 is 2.33 bits per heavy atom. The number of furan rings is 1. The van der Waals surface area contributed by atoms with Gasteiger partial charge in [-0.3, -0.25) is 0 Å². The fraction of sp³-hybridized carbons (Fsp3) is 0.351. The van der Waals surface area contributed by atoms with E-state index in [4.69, 9.17) is 4.42 Å². The second-order valence-corrected chi connectivity index (χ2v) is 12.9. The van der Waals surface area contributed by atoms with E-state index >= 15 is 0 Å². The Labute approximate surface area is 237 Å². The molecular formula is C37H37N2O+. The van der Waals surface area contributed by atoms with E-state index in [1.165, 1.54) is 48.8 Å². The Bertz CT molecular complexity index is 1840. The fourth-order valence-corrected chi connectivity index (χ4v) is 7.64. The first-order chi connectivity index (χ1) is 19.4. The maximum atomic E-state index is 10.3. The molecule has 2 aliphatic carbocycles. The first kappa shape index (κ1) is 25.1. The molecule has 0 aliphatic heterocycles. The number of nitrogens with zero attached hydrogens (tertiary/aromatic N) is 2. The van der Waals surface area contributed by atoms with Crippen LogP contribution in [-0.4, -0.2) is 0 Å². The van der Waals surface area contributed by atoms with Crippen LogP contribution >= 0.6 is 0 Å². The number of rotatable bonds is 3. The zero-order chi connectivity index (χ0) is 27.6. The van der Waals surface area contributed by atoms with Crippen LogP contribution in [0.3, 0.4) is 0 Å². The van der Waals surface area contributed by atoms with Gasteiger partial charge in [0.15, 0.2) is 6.20 Å². The maximum Gasteiger partial charge on any atom is 0.216 e. The standard InChI is InChI=1S/C37H37N2O/c1-23-13-15-28-29-16-14-25(22-38)34(36(29)40-35(28)33(23)32-12-8-9-19-39(32)4)27-18-17-26(24-10-6-5-7-11-24)30-20-37(2,3)21-31(27)30/h8-9,12-19,24H,5-7,10-11,20-21H2,1-4H3/q+1. The van der Waals surface area contributed by atoms with Crippen LogP contribution in [0.25, 0.3) is 44.3 Å². The van der Waals surface area contributed by atoms with Gasteiger partial charge in [0.1, 0.15) is 18.2 Å². The van der Waals surface area contributed by atoms with E-state index in [1.807, 2.05) is 12.1 Å². The van der Waals surface area contributed by atoms with Crippen LogP contribution in [0.1, 0.15) is 79.7 Å². The summed E-state index contributed by atoms with van der Waals surface area (Å²) in [7, 11) is 2.08. The molecule has 0 unspecified atom stereocenters. The largest absolute Gasteiger partial charge is 0.454 e. The summed E-state index contributed by atoms with van der Waals surface area (Å²) in [6.45, 7) is 6.93. The minimum absolute atomic E-state index is 0.211. The highest BCUT2D eigenvalue weighted by Crippen LogP contribution is 2.49. The molecule has 0 bridgehead atoms. The van der Waals surface area contributed by atoms with Gasteiger partial charge in [0, 0.05) is 28.5 Å². The number of hydrogen-bond donors (Lipinski definition) is 0. The molecule has 1 fully saturated rings. The Morgan fingerprint density at radius 2 is 1.57 bits per heavy atom. The molecule has 5 aromatic rings. The zero-order valence-electron chi connectivity index (χ0n) is 24.1. The van der Waals surface area contributed by atoms with Gasteiger partial charge in [-0.2, -0.15) is 5.26 Å². The Hall–Kier alpha value is -3.90. The van der Waals surface area contributed by atoms with E-state index in [0.717, 1.165) is 51.6 Å². The van der Waals surface area contributed by atoms with Gasteiger partial charge in [0.25, 0.3) is 0 Å². The molecule has 0 spiro atoms. The summed E-state index contributed by atoms with van der Waals surface area (Å²) in [5.41, 5.74) is 12.7. The van der Waals surface area contributed by atoms with Crippen molar-refractivity contribution in [3.63, 3.8) is 0 Å². The van der Waals surface area contributed by atoms with Gasteiger partial charge >= 0.3 is 0 Å². The van der Waals surface area contributed by atoms with Crippen molar-refractivity contribution in [3.05, 3.63) is 88.6 Å². The van der Waals surface area contributed by atoms with Crippen LogP contribution < -0.4 is 4.57 Å². The molecule has 2 aliphatic rings. The summed E-state index contributed by atoms with van der Waals surface area (Å²) in [5.74, 6) is 0.667. The highest BCUT2D eigenvalue weighted by molar-refractivity contribution is 6.14. The van der Waals surface area contributed by atoms with Crippen molar-refractivity contribution in [3.8, 4) is 28.5 Å². The van der Waals surface area contributed by atoms with Crippen LogP contribution in [-0.2, 0) is 19.9 Å². The lowest BCUT2D eigenvalue weighted by Gasteiger charge is -2.25. The number of pyridine rings is 1. The molecule has 2 heterocycles. The van der Waals surface area contributed by atoms with Crippen molar-refractivity contribution in [1.29, 1.82) is 5.26 Å². The molecule has 1 saturated carbocycles.